The highest BCUT2D eigenvalue weighted by atomic mass is 16.7. The van der Waals surface area contributed by atoms with Gasteiger partial charge in [-0.1, -0.05) is 32.9 Å². The molecule has 13 atom stereocenters. The average molecular weight is 507 g/mol. The summed E-state index contributed by atoms with van der Waals surface area (Å²) in [6.07, 6.45) is -7.98. The van der Waals surface area contributed by atoms with Crippen LogP contribution < -0.4 is 0 Å². The van der Waals surface area contributed by atoms with Gasteiger partial charge in [-0.2, -0.15) is 0 Å². The lowest BCUT2D eigenvalue weighted by atomic mass is 9.63. The topological polar surface area (TPSA) is 179 Å². The summed E-state index contributed by atoms with van der Waals surface area (Å²) in [5.41, 5.74) is -0.159. The van der Waals surface area contributed by atoms with E-state index in [1.54, 1.807) is 13.0 Å². The molecule has 0 aromatic heterocycles. The van der Waals surface area contributed by atoms with Crippen LogP contribution in [0.15, 0.2) is 12.2 Å². The van der Waals surface area contributed by atoms with Gasteiger partial charge in [-0.15, -0.1) is 0 Å². The van der Waals surface area contributed by atoms with E-state index in [2.05, 4.69) is 20.8 Å². The zero-order chi connectivity index (χ0) is 26.1. The van der Waals surface area contributed by atoms with Gasteiger partial charge in [-0.3, -0.25) is 0 Å². The third kappa shape index (κ3) is 6.79. The normalized spacial score (nSPS) is 47.6. The summed E-state index contributed by atoms with van der Waals surface area (Å²) in [4.78, 5) is 0. The Hall–Kier alpha value is -0.700. The predicted molar refractivity (Wildman–Crippen MR) is 122 cm³/mol. The third-order valence-electron chi connectivity index (χ3n) is 7.37. The fourth-order valence-electron chi connectivity index (χ4n) is 5.44. The molecular weight excluding hydrogens is 464 g/mol. The lowest BCUT2D eigenvalue weighted by molar-refractivity contribution is -0.330. The van der Waals surface area contributed by atoms with Crippen molar-refractivity contribution in [1.29, 1.82) is 0 Å². The molecule has 1 aliphatic carbocycles. The molecule has 0 spiro atoms. The zero-order valence-corrected chi connectivity index (χ0v) is 20.8. The smallest absolute Gasteiger partial charge is 0.186 e. The van der Waals surface area contributed by atoms with E-state index in [9.17, 15) is 35.7 Å². The van der Waals surface area contributed by atoms with Crippen LogP contribution in [0.25, 0.3) is 0 Å². The third-order valence-corrected chi connectivity index (χ3v) is 7.37. The van der Waals surface area contributed by atoms with Crippen LogP contribution in [-0.2, 0) is 18.9 Å². The van der Waals surface area contributed by atoms with Gasteiger partial charge < -0.3 is 54.7 Å². The Morgan fingerprint density at radius 2 is 1.63 bits per heavy atom. The van der Waals surface area contributed by atoms with E-state index < -0.39 is 61.4 Å². The van der Waals surface area contributed by atoms with Crippen molar-refractivity contribution in [2.45, 2.75) is 108 Å². The summed E-state index contributed by atoms with van der Waals surface area (Å²) >= 11 is 0. The predicted octanol–water partition coefficient (Wildman–Crippen LogP) is -1.36. The molecule has 2 aliphatic heterocycles. The Balaban J connectivity index is 1.61. The van der Waals surface area contributed by atoms with Crippen molar-refractivity contribution in [3.05, 3.63) is 12.2 Å². The van der Waals surface area contributed by atoms with E-state index in [0.29, 0.717) is 12.8 Å². The molecule has 3 aliphatic rings. The second kappa shape index (κ2) is 11.8. The second-order valence-electron chi connectivity index (χ2n) is 10.9. The summed E-state index contributed by atoms with van der Waals surface area (Å²) in [5.74, 6) is 0.444. The number of aliphatic hydroxyl groups excluding tert-OH is 7. The van der Waals surface area contributed by atoms with Gasteiger partial charge in [0.1, 0.15) is 42.7 Å². The van der Waals surface area contributed by atoms with Crippen LogP contribution in [-0.4, -0.2) is 116 Å². The highest BCUT2D eigenvalue weighted by molar-refractivity contribution is 5.03. The van der Waals surface area contributed by atoms with Crippen molar-refractivity contribution >= 4 is 0 Å². The van der Waals surface area contributed by atoms with Gasteiger partial charge >= 0.3 is 0 Å². The first-order valence-corrected chi connectivity index (χ1v) is 12.3. The van der Waals surface area contributed by atoms with Crippen LogP contribution in [0.1, 0.15) is 40.5 Å². The van der Waals surface area contributed by atoms with Crippen LogP contribution in [0.3, 0.4) is 0 Å². The number of ether oxygens (including phenoxy) is 4. The number of allylic oxidation sites excluding steroid dienone is 1. The SMILES string of the molecule is C[C@@H](O)/C=C/[C@H]1[C@@H](C)C[C@H](O[C@@H]2O[C@H](CO[C@@H]3OC[C@@H](O)[C@H](O)[C@H]3O)[C@@H](O)[C@H](O)[C@H]2O)CC1(C)C. The Morgan fingerprint density at radius 1 is 0.971 bits per heavy atom. The van der Waals surface area contributed by atoms with Crippen LogP contribution in [0.5, 0.6) is 0 Å². The number of hydrogen-bond donors (Lipinski definition) is 7. The first kappa shape index (κ1) is 28.9. The molecule has 0 unspecified atom stereocenters. The van der Waals surface area contributed by atoms with Gasteiger partial charge in [-0.05, 0) is 37.0 Å². The summed E-state index contributed by atoms with van der Waals surface area (Å²) in [5, 5.41) is 70.3. The fourth-order valence-corrected chi connectivity index (χ4v) is 5.44. The van der Waals surface area contributed by atoms with Crippen molar-refractivity contribution in [2.75, 3.05) is 13.2 Å². The zero-order valence-electron chi connectivity index (χ0n) is 20.8. The maximum atomic E-state index is 10.5. The van der Waals surface area contributed by atoms with Crippen molar-refractivity contribution in [3.63, 3.8) is 0 Å². The molecule has 1 saturated carbocycles. The van der Waals surface area contributed by atoms with Crippen LogP contribution in [0.4, 0.5) is 0 Å². The van der Waals surface area contributed by atoms with Crippen molar-refractivity contribution < 1.29 is 54.7 Å². The van der Waals surface area contributed by atoms with Gasteiger partial charge in [0.15, 0.2) is 12.6 Å². The lowest BCUT2D eigenvalue weighted by Gasteiger charge is -2.47. The standard InChI is InChI=1S/C24H42O11/c1-11-7-13(8-24(3,4)14(11)6-5-12(2)25)34-23-21(31)19(29)18(28)16(35-23)10-33-22-20(30)17(27)15(26)9-32-22/h5-6,11-23,25-31H,7-10H2,1-4H3/b6-5+/t11-,12+,13-,14-,15+,16+,17-,18+,19-,20+,21+,22-,23+/m0/s1. The number of hydrogen-bond acceptors (Lipinski definition) is 11. The largest absolute Gasteiger partial charge is 0.389 e. The van der Waals surface area contributed by atoms with Gasteiger partial charge in [0.05, 0.1) is 25.4 Å². The Labute approximate surface area is 205 Å². The van der Waals surface area contributed by atoms with E-state index in [0.717, 1.165) is 0 Å². The molecule has 2 heterocycles. The summed E-state index contributed by atoms with van der Waals surface area (Å²) in [6.45, 7) is 7.47. The van der Waals surface area contributed by atoms with Gasteiger partial charge in [0.25, 0.3) is 0 Å². The Morgan fingerprint density at radius 3 is 2.26 bits per heavy atom. The Kier molecular flexibility index (Phi) is 9.72. The Bertz CT molecular complexity index is 701. The van der Waals surface area contributed by atoms with Crippen LogP contribution in [0.2, 0.25) is 0 Å². The highest BCUT2D eigenvalue weighted by Crippen LogP contribution is 2.46. The monoisotopic (exact) mass is 506 g/mol. The molecule has 2 saturated heterocycles. The van der Waals surface area contributed by atoms with Gasteiger partial charge in [0, 0.05) is 0 Å². The van der Waals surface area contributed by atoms with Gasteiger partial charge in [-0.25, -0.2) is 0 Å². The minimum atomic E-state index is -1.55. The van der Waals surface area contributed by atoms with E-state index in [1.807, 2.05) is 6.08 Å². The molecule has 7 N–H and O–H groups in total. The summed E-state index contributed by atoms with van der Waals surface area (Å²) < 4.78 is 22.5. The molecule has 35 heavy (non-hydrogen) atoms. The quantitative estimate of drug-likeness (QED) is 0.203. The summed E-state index contributed by atoms with van der Waals surface area (Å²) in [7, 11) is 0. The lowest BCUT2D eigenvalue weighted by Crippen LogP contribution is -2.61. The van der Waals surface area contributed by atoms with E-state index in [4.69, 9.17) is 18.9 Å². The van der Waals surface area contributed by atoms with E-state index in [-0.39, 0.29) is 36.6 Å². The molecule has 0 bridgehead atoms. The van der Waals surface area contributed by atoms with Gasteiger partial charge in [0.2, 0.25) is 0 Å². The molecule has 0 aromatic carbocycles. The molecular formula is C24H42O11. The molecule has 0 aromatic rings. The molecule has 0 radical (unpaired) electrons. The molecule has 3 fully saturated rings. The van der Waals surface area contributed by atoms with Crippen molar-refractivity contribution in [1.82, 2.24) is 0 Å². The second-order valence-corrected chi connectivity index (χ2v) is 10.9. The first-order valence-electron chi connectivity index (χ1n) is 12.3. The molecule has 0 amide bonds. The molecule has 11 nitrogen and oxygen atoms in total. The van der Waals surface area contributed by atoms with Crippen LogP contribution in [0, 0.1) is 17.3 Å². The number of aliphatic hydroxyl groups is 7. The van der Waals surface area contributed by atoms with Crippen LogP contribution >= 0.6 is 0 Å². The van der Waals surface area contributed by atoms with E-state index in [1.165, 1.54) is 0 Å². The molecule has 3 rings (SSSR count). The number of rotatable bonds is 7. The average Bonchev–Trinajstić information content (AvgIpc) is 2.77. The molecule has 11 heteroatoms. The minimum Gasteiger partial charge on any atom is -0.389 e. The summed E-state index contributed by atoms with van der Waals surface area (Å²) in [6, 6.07) is 0. The van der Waals surface area contributed by atoms with E-state index >= 15 is 0 Å². The fraction of sp³-hybridized carbons (Fsp3) is 0.917. The first-order chi connectivity index (χ1) is 16.3. The van der Waals surface area contributed by atoms with Crippen molar-refractivity contribution in [2.24, 2.45) is 17.3 Å². The van der Waals surface area contributed by atoms with Crippen molar-refractivity contribution in [3.8, 4) is 0 Å². The minimum absolute atomic E-state index is 0.159. The highest BCUT2D eigenvalue weighted by Gasteiger charge is 2.48. The maximum Gasteiger partial charge on any atom is 0.186 e. The maximum absolute atomic E-state index is 10.5. The molecule has 204 valence electrons.